The molecule has 0 aromatic rings. The van der Waals surface area contributed by atoms with Gasteiger partial charge in [-0.1, -0.05) is 47.0 Å². The summed E-state index contributed by atoms with van der Waals surface area (Å²) in [5.41, 5.74) is 0. The third-order valence-corrected chi connectivity index (χ3v) is 1.40. The van der Waals surface area contributed by atoms with E-state index in [-0.39, 0.29) is 0 Å². The van der Waals surface area contributed by atoms with Crippen molar-refractivity contribution in [1.29, 1.82) is 0 Å². The Morgan fingerprint density at radius 1 is 0.667 bits per heavy atom. The molecule has 0 unspecified atom stereocenters. The number of ether oxygens (including phenoxy) is 1. The first kappa shape index (κ1) is 14.5. The van der Waals surface area contributed by atoms with E-state index in [1.54, 1.807) is 0 Å². The van der Waals surface area contributed by atoms with Gasteiger partial charge in [0, 0.05) is 13.2 Å². The van der Waals surface area contributed by atoms with Gasteiger partial charge in [-0.25, -0.2) is 0 Å². The summed E-state index contributed by atoms with van der Waals surface area (Å²) in [5.74, 6) is 0. The lowest BCUT2D eigenvalue weighted by Crippen LogP contribution is -1.92. The minimum absolute atomic E-state index is 0.924. The molecule has 0 saturated carbocycles. The van der Waals surface area contributed by atoms with Gasteiger partial charge in [0.1, 0.15) is 0 Å². The van der Waals surface area contributed by atoms with E-state index in [1.807, 2.05) is 0 Å². The zero-order chi connectivity index (χ0) is 9.66. The maximum absolute atomic E-state index is 5.13. The van der Waals surface area contributed by atoms with Crippen molar-refractivity contribution in [2.24, 2.45) is 0 Å². The number of rotatable bonds is 6. The highest BCUT2D eigenvalue weighted by molar-refractivity contribution is 4.25. The molecule has 0 bridgehead atoms. The number of unbranched alkanes of at least 4 members (excludes halogenated alkanes) is 2. The Kier molecular flexibility index (Phi) is 20.7. The highest BCUT2D eigenvalue weighted by atomic mass is 16.5. The van der Waals surface area contributed by atoms with Gasteiger partial charge >= 0.3 is 0 Å². The summed E-state index contributed by atoms with van der Waals surface area (Å²) in [6, 6.07) is 0. The molecule has 0 atom stereocenters. The first-order valence-corrected chi connectivity index (χ1v) is 5.41. The van der Waals surface area contributed by atoms with Crippen molar-refractivity contribution in [3.05, 3.63) is 0 Å². The standard InChI is InChI=1S/C6H14O.C5H12/c1-3-5-7-6-4-2;1-3-5-4-2/h3-6H2,1-2H3;3-5H2,1-2H3. The van der Waals surface area contributed by atoms with Crippen LogP contribution in [0.25, 0.3) is 0 Å². The normalized spacial score (nSPS) is 9.00. The van der Waals surface area contributed by atoms with Crippen LogP contribution >= 0.6 is 0 Å². The van der Waals surface area contributed by atoms with Crippen LogP contribution in [-0.2, 0) is 4.74 Å². The van der Waals surface area contributed by atoms with Gasteiger partial charge in [0.2, 0.25) is 0 Å². The van der Waals surface area contributed by atoms with Crippen molar-refractivity contribution in [3.63, 3.8) is 0 Å². The molecule has 12 heavy (non-hydrogen) atoms. The Morgan fingerprint density at radius 2 is 1.08 bits per heavy atom. The quantitative estimate of drug-likeness (QED) is 0.553. The lowest BCUT2D eigenvalue weighted by molar-refractivity contribution is 0.135. The molecule has 0 saturated heterocycles. The van der Waals surface area contributed by atoms with Crippen molar-refractivity contribution in [2.75, 3.05) is 13.2 Å². The second kappa shape index (κ2) is 17.2. The Hall–Kier alpha value is -0.0400. The van der Waals surface area contributed by atoms with E-state index in [9.17, 15) is 0 Å². The first-order chi connectivity index (χ1) is 5.83. The number of hydrogen-bond donors (Lipinski definition) is 0. The molecule has 0 rings (SSSR count). The molecule has 1 heteroatoms. The Morgan fingerprint density at radius 3 is 1.25 bits per heavy atom. The van der Waals surface area contributed by atoms with E-state index in [1.165, 1.54) is 19.3 Å². The molecule has 0 radical (unpaired) electrons. The zero-order valence-corrected chi connectivity index (χ0v) is 9.36. The van der Waals surface area contributed by atoms with Crippen LogP contribution in [0, 0.1) is 0 Å². The highest BCUT2D eigenvalue weighted by Gasteiger charge is 1.77. The molecular weight excluding hydrogens is 148 g/mol. The summed E-state index contributed by atoms with van der Waals surface area (Å²) in [4.78, 5) is 0. The van der Waals surface area contributed by atoms with Crippen molar-refractivity contribution >= 4 is 0 Å². The lowest BCUT2D eigenvalue weighted by Gasteiger charge is -1.95. The molecule has 0 aromatic carbocycles. The predicted octanol–water partition coefficient (Wildman–Crippen LogP) is 4.02. The SMILES string of the molecule is CCCCC.CCCOCCC. The molecular formula is C11H26O. The molecule has 0 spiro atoms. The van der Waals surface area contributed by atoms with Gasteiger partial charge in [-0.3, -0.25) is 0 Å². The van der Waals surface area contributed by atoms with Crippen molar-refractivity contribution < 1.29 is 4.74 Å². The van der Waals surface area contributed by atoms with E-state index in [0.717, 1.165) is 26.1 Å². The summed E-state index contributed by atoms with van der Waals surface area (Å²) < 4.78 is 5.13. The van der Waals surface area contributed by atoms with E-state index in [0.29, 0.717) is 0 Å². The monoisotopic (exact) mass is 174 g/mol. The van der Waals surface area contributed by atoms with Crippen molar-refractivity contribution in [1.82, 2.24) is 0 Å². The van der Waals surface area contributed by atoms with Crippen LogP contribution in [0.15, 0.2) is 0 Å². The molecule has 0 aliphatic rings. The van der Waals surface area contributed by atoms with Crippen LogP contribution in [-0.4, -0.2) is 13.2 Å². The molecule has 1 nitrogen and oxygen atoms in total. The van der Waals surface area contributed by atoms with E-state index in [4.69, 9.17) is 4.74 Å². The molecule has 0 aliphatic carbocycles. The van der Waals surface area contributed by atoms with Gasteiger partial charge in [0.05, 0.1) is 0 Å². The van der Waals surface area contributed by atoms with Crippen LogP contribution in [0.5, 0.6) is 0 Å². The molecule has 0 aliphatic heterocycles. The first-order valence-electron chi connectivity index (χ1n) is 5.41. The van der Waals surface area contributed by atoms with E-state index >= 15 is 0 Å². The third-order valence-electron chi connectivity index (χ3n) is 1.40. The summed E-state index contributed by atoms with van der Waals surface area (Å²) in [5, 5.41) is 0. The average molecular weight is 174 g/mol. The fourth-order valence-corrected chi connectivity index (χ4v) is 0.744. The third kappa shape index (κ3) is 22.5. The topological polar surface area (TPSA) is 9.23 Å². The Balaban J connectivity index is 0. The van der Waals surface area contributed by atoms with Gasteiger partial charge in [-0.05, 0) is 12.8 Å². The summed E-state index contributed by atoms with van der Waals surface area (Å²) in [7, 11) is 0. The molecule has 0 fully saturated rings. The second-order valence-electron chi connectivity index (χ2n) is 2.97. The second-order valence-corrected chi connectivity index (χ2v) is 2.97. The highest BCUT2D eigenvalue weighted by Crippen LogP contribution is 1.88. The minimum Gasteiger partial charge on any atom is -0.381 e. The Bertz CT molecular complexity index is 47.0. The van der Waals surface area contributed by atoms with Crippen LogP contribution in [0.4, 0.5) is 0 Å². The summed E-state index contributed by atoms with van der Waals surface area (Å²) in [6.07, 6.45) is 6.35. The van der Waals surface area contributed by atoms with Crippen LogP contribution < -0.4 is 0 Å². The summed E-state index contributed by atoms with van der Waals surface area (Å²) in [6.45, 7) is 10.5. The van der Waals surface area contributed by atoms with Crippen LogP contribution in [0.3, 0.4) is 0 Å². The maximum atomic E-state index is 5.13. The maximum Gasteiger partial charge on any atom is 0.0463 e. The lowest BCUT2D eigenvalue weighted by atomic mass is 10.3. The van der Waals surface area contributed by atoms with Crippen molar-refractivity contribution in [3.8, 4) is 0 Å². The fourth-order valence-electron chi connectivity index (χ4n) is 0.744. The van der Waals surface area contributed by atoms with Crippen molar-refractivity contribution in [2.45, 2.75) is 59.8 Å². The van der Waals surface area contributed by atoms with E-state index in [2.05, 4.69) is 27.7 Å². The van der Waals surface area contributed by atoms with Gasteiger partial charge in [0.15, 0.2) is 0 Å². The Labute approximate surface area is 78.5 Å². The van der Waals surface area contributed by atoms with Gasteiger partial charge in [0.25, 0.3) is 0 Å². The molecule has 0 aromatic heterocycles. The fraction of sp³-hybridized carbons (Fsp3) is 1.00. The van der Waals surface area contributed by atoms with Gasteiger partial charge in [-0.2, -0.15) is 0 Å². The van der Waals surface area contributed by atoms with E-state index < -0.39 is 0 Å². The zero-order valence-electron chi connectivity index (χ0n) is 9.36. The smallest absolute Gasteiger partial charge is 0.0463 e. The molecule has 0 N–H and O–H groups in total. The molecule has 0 heterocycles. The molecule has 0 amide bonds. The van der Waals surface area contributed by atoms with Crippen LogP contribution in [0.1, 0.15) is 59.8 Å². The number of hydrogen-bond acceptors (Lipinski definition) is 1. The predicted molar refractivity (Wildman–Crippen MR) is 56.6 cm³/mol. The average Bonchev–Trinajstić information content (AvgIpc) is 2.08. The summed E-state index contributed by atoms with van der Waals surface area (Å²) >= 11 is 0. The largest absolute Gasteiger partial charge is 0.381 e. The van der Waals surface area contributed by atoms with Gasteiger partial charge < -0.3 is 4.74 Å². The molecule has 76 valence electrons. The van der Waals surface area contributed by atoms with Crippen LogP contribution in [0.2, 0.25) is 0 Å². The minimum atomic E-state index is 0.924. The van der Waals surface area contributed by atoms with Gasteiger partial charge in [-0.15, -0.1) is 0 Å².